The third kappa shape index (κ3) is 4.27. The number of anilines is 1. The van der Waals surface area contributed by atoms with Gasteiger partial charge in [-0.15, -0.1) is 0 Å². The number of carbonyl (C=O) groups is 2. The van der Waals surface area contributed by atoms with Crippen LogP contribution in [-0.4, -0.2) is 23.2 Å². The molecule has 0 spiro atoms. The number of alkyl halides is 3. The molecule has 7 heteroatoms. The molecule has 24 heavy (non-hydrogen) atoms. The van der Waals surface area contributed by atoms with Crippen molar-refractivity contribution >= 4 is 17.6 Å². The maximum absolute atomic E-state index is 13.1. The molecule has 1 saturated carbocycles. The highest BCUT2D eigenvalue weighted by Crippen LogP contribution is 2.41. The van der Waals surface area contributed by atoms with E-state index in [-0.39, 0.29) is 12.8 Å². The van der Waals surface area contributed by atoms with E-state index in [9.17, 15) is 22.8 Å². The van der Waals surface area contributed by atoms with Gasteiger partial charge >= 0.3 is 12.1 Å². The van der Waals surface area contributed by atoms with Crippen LogP contribution in [0.1, 0.15) is 44.1 Å². The maximum Gasteiger partial charge on any atom is 0.392 e. The average Bonchev–Trinajstić information content (AvgIpc) is 2.53. The number of nitrogens with one attached hydrogen (secondary N) is 1. The van der Waals surface area contributed by atoms with Gasteiger partial charge in [-0.1, -0.05) is 25.0 Å². The van der Waals surface area contributed by atoms with Crippen LogP contribution in [0.4, 0.5) is 18.9 Å². The summed E-state index contributed by atoms with van der Waals surface area (Å²) < 4.78 is 39.3. The molecule has 1 aromatic carbocycles. The van der Waals surface area contributed by atoms with Crippen LogP contribution in [0.2, 0.25) is 0 Å². The largest absolute Gasteiger partial charge is 0.481 e. The summed E-state index contributed by atoms with van der Waals surface area (Å²) in [6, 6.07) is 6.21. The van der Waals surface area contributed by atoms with Crippen LogP contribution in [-0.2, 0) is 9.59 Å². The van der Waals surface area contributed by atoms with Crippen molar-refractivity contribution in [1.29, 1.82) is 0 Å². The molecule has 0 aliphatic heterocycles. The molecule has 4 nitrogen and oxygen atoms in total. The van der Waals surface area contributed by atoms with Crippen LogP contribution in [0.25, 0.3) is 0 Å². The Morgan fingerprint density at radius 3 is 2.54 bits per heavy atom. The number of benzene rings is 1. The van der Waals surface area contributed by atoms with Crippen molar-refractivity contribution in [3.63, 3.8) is 0 Å². The number of aliphatic carboxylic acids is 1. The second-order valence-electron chi connectivity index (χ2n) is 6.21. The van der Waals surface area contributed by atoms with Crippen molar-refractivity contribution in [3.05, 3.63) is 29.8 Å². The topological polar surface area (TPSA) is 66.4 Å². The fourth-order valence-corrected chi connectivity index (χ4v) is 3.10. The number of amides is 1. The normalized spacial score (nSPS) is 22.7. The summed E-state index contributed by atoms with van der Waals surface area (Å²) in [6.45, 7) is 1.50. The van der Waals surface area contributed by atoms with Crippen molar-refractivity contribution in [2.75, 3.05) is 5.32 Å². The van der Waals surface area contributed by atoms with Crippen molar-refractivity contribution < 1.29 is 27.9 Å². The molecule has 1 fully saturated rings. The van der Waals surface area contributed by atoms with E-state index in [1.165, 1.54) is 13.0 Å². The van der Waals surface area contributed by atoms with Crippen LogP contribution in [0.15, 0.2) is 24.3 Å². The Morgan fingerprint density at radius 2 is 1.92 bits per heavy atom. The van der Waals surface area contributed by atoms with Gasteiger partial charge in [0.05, 0.1) is 11.8 Å². The van der Waals surface area contributed by atoms with Gasteiger partial charge in [0.1, 0.15) is 0 Å². The monoisotopic (exact) mass is 343 g/mol. The molecule has 3 unspecified atom stereocenters. The SMILES string of the molecule is CC(C(=O)O)c1cccc(NC(=O)C2CCCCC2C(F)(F)F)c1. The molecule has 0 saturated heterocycles. The van der Waals surface area contributed by atoms with E-state index in [1.54, 1.807) is 18.2 Å². The molecule has 0 radical (unpaired) electrons. The molecule has 132 valence electrons. The summed E-state index contributed by atoms with van der Waals surface area (Å²) in [5.74, 6) is -5.15. The standard InChI is InChI=1S/C17H20F3NO3/c1-10(16(23)24)11-5-4-6-12(9-11)21-15(22)13-7-2-3-8-14(13)17(18,19)20/h4-6,9-10,13-14H,2-3,7-8H2,1H3,(H,21,22)(H,23,24). The molecule has 1 aliphatic rings. The Labute approximate surface area is 138 Å². The van der Waals surface area contributed by atoms with Crippen LogP contribution in [0.3, 0.4) is 0 Å². The van der Waals surface area contributed by atoms with Crippen LogP contribution < -0.4 is 5.32 Å². The summed E-state index contributed by atoms with van der Waals surface area (Å²) in [5, 5.41) is 11.5. The summed E-state index contributed by atoms with van der Waals surface area (Å²) in [7, 11) is 0. The van der Waals surface area contributed by atoms with Gasteiger partial charge < -0.3 is 10.4 Å². The number of hydrogen-bond donors (Lipinski definition) is 2. The maximum atomic E-state index is 13.1. The molecule has 0 heterocycles. The first-order chi connectivity index (χ1) is 11.2. The van der Waals surface area contributed by atoms with E-state index >= 15 is 0 Å². The van der Waals surface area contributed by atoms with Gasteiger partial charge in [-0.05, 0) is 37.5 Å². The molecule has 1 amide bonds. The summed E-state index contributed by atoms with van der Waals surface area (Å²) in [6.07, 6.45) is -3.14. The zero-order chi connectivity index (χ0) is 17.9. The third-order valence-corrected chi connectivity index (χ3v) is 4.55. The molecule has 2 rings (SSSR count). The number of rotatable bonds is 4. The molecular formula is C17H20F3NO3. The minimum Gasteiger partial charge on any atom is -0.481 e. The molecule has 0 bridgehead atoms. The molecule has 2 N–H and O–H groups in total. The van der Waals surface area contributed by atoms with Gasteiger partial charge in [-0.3, -0.25) is 9.59 Å². The average molecular weight is 343 g/mol. The zero-order valence-corrected chi connectivity index (χ0v) is 13.3. The fourth-order valence-electron chi connectivity index (χ4n) is 3.10. The lowest BCUT2D eigenvalue weighted by atomic mass is 9.78. The smallest absolute Gasteiger partial charge is 0.392 e. The van der Waals surface area contributed by atoms with Gasteiger partial charge in [0.2, 0.25) is 5.91 Å². The first-order valence-corrected chi connectivity index (χ1v) is 7.90. The molecular weight excluding hydrogens is 323 g/mol. The third-order valence-electron chi connectivity index (χ3n) is 4.55. The Morgan fingerprint density at radius 1 is 1.25 bits per heavy atom. The van der Waals surface area contributed by atoms with Gasteiger partial charge in [0.25, 0.3) is 0 Å². The highest BCUT2D eigenvalue weighted by atomic mass is 19.4. The minimum absolute atomic E-state index is 0.0301. The van der Waals surface area contributed by atoms with Gasteiger partial charge in [-0.2, -0.15) is 13.2 Å². The fraction of sp³-hybridized carbons (Fsp3) is 0.529. The van der Waals surface area contributed by atoms with E-state index in [1.807, 2.05) is 0 Å². The number of carbonyl (C=O) groups excluding carboxylic acids is 1. The molecule has 3 atom stereocenters. The quantitative estimate of drug-likeness (QED) is 0.862. The molecule has 0 aromatic heterocycles. The summed E-state index contributed by atoms with van der Waals surface area (Å²) in [4.78, 5) is 23.3. The van der Waals surface area contributed by atoms with Crippen LogP contribution in [0, 0.1) is 11.8 Å². The summed E-state index contributed by atoms with van der Waals surface area (Å²) >= 11 is 0. The van der Waals surface area contributed by atoms with E-state index in [2.05, 4.69) is 5.32 Å². The van der Waals surface area contributed by atoms with Crippen LogP contribution in [0.5, 0.6) is 0 Å². The zero-order valence-electron chi connectivity index (χ0n) is 13.3. The predicted octanol–water partition coefficient (Wildman–Crippen LogP) is 4.18. The lowest BCUT2D eigenvalue weighted by Gasteiger charge is -2.32. The number of carboxylic acids is 1. The number of halogens is 3. The first-order valence-electron chi connectivity index (χ1n) is 7.90. The van der Waals surface area contributed by atoms with E-state index in [0.717, 1.165) is 0 Å². The van der Waals surface area contributed by atoms with Crippen molar-refractivity contribution in [2.45, 2.75) is 44.7 Å². The molecule has 1 aromatic rings. The Balaban J connectivity index is 2.14. The van der Waals surface area contributed by atoms with Gasteiger partial charge in [0.15, 0.2) is 0 Å². The van der Waals surface area contributed by atoms with Gasteiger partial charge in [-0.25, -0.2) is 0 Å². The van der Waals surface area contributed by atoms with Crippen LogP contribution >= 0.6 is 0 Å². The Hall–Kier alpha value is -2.05. The highest BCUT2D eigenvalue weighted by Gasteiger charge is 2.48. The lowest BCUT2D eigenvalue weighted by molar-refractivity contribution is -0.197. The highest BCUT2D eigenvalue weighted by molar-refractivity contribution is 5.93. The van der Waals surface area contributed by atoms with Crippen molar-refractivity contribution in [2.24, 2.45) is 11.8 Å². The van der Waals surface area contributed by atoms with E-state index in [0.29, 0.717) is 24.1 Å². The van der Waals surface area contributed by atoms with E-state index in [4.69, 9.17) is 5.11 Å². The minimum atomic E-state index is -4.39. The number of hydrogen-bond acceptors (Lipinski definition) is 2. The van der Waals surface area contributed by atoms with E-state index < -0.39 is 35.8 Å². The predicted molar refractivity (Wildman–Crippen MR) is 82.6 cm³/mol. The van der Waals surface area contributed by atoms with Gasteiger partial charge in [0, 0.05) is 11.6 Å². The second kappa shape index (κ2) is 7.23. The second-order valence-corrected chi connectivity index (χ2v) is 6.21. The molecule has 1 aliphatic carbocycles. The first kappa shape index (κ1) is 18.3. The summed E-state index contributed by atoms with van der Waals surface area (Å²) in [5.41, 5.74) is 0.799. The Bertz CT molecular complexity index is 615. The van der Waals surface area contributed by atoms with Crippen molar-refractivity contribution in [1.82, 2.24) is 0 Å². The number of carboxylic acid groups (broad SMARTS) is 1. The van der Waals surface area contributed by atoms with Crippen molar-refractivity contribution in [3.8, 4) is 0 Å². The Kier molecular flexibility index (Phi) is 5.51. The lowest BCUT2D eigenvalue weighted by Crippen LogP contribution is -2.39.